The molecule has 0 radical (unpaired) electrons. The van der Waals surface area contributed by atoms with Crippen LogP contribution in [0.2, 0.25) is 0 Å². The fraction of sp³-hybridized carbons (Fsp3) is 0.111. The molecule has 0 unspecified atom stereocenters. The first kappa shape index (κ1) is 16.1. The number of methoxy groups -OCH3 is 1. The standard InChI is InChI=1S/C18H16FN3OS/c1-20-16-10-7-12(18(19)22-16)5-3-4-6-17-21-14-9-8-13(23-2)11-15(14)24-17/h3-11H,1-2H3,(H,20,22)/b5-3+,6-4+. The van der Waals surface area contributed by atoms with Crippen LogP contribution in [0, 0.1) is 5.95 Å². The fourth-order valence-corrected chi connectivity index (χ4v) is 3.04. The van der Waals surface area contributed by atoms with E-state index >= 15 is 0 Å². The van der Waals surface area contributed by atoms with Crippen molar-refractivity contribution < 1.29 is 9.13 Å². The van der Waals surface area contributed by atoms with Crippen LogP contribution >= 0.6 is 11.3 Å². The zero-order valence-corrected chi connectivity index (χ0v) is 14.1. The van der Waals surface area contributed by atoms with Crippen molar-refractivity contribution in [2.45, 2.75) is 0 Å². The molecule has 0 spiro atoms. The van der Waals surface area contributed by atoms with E-state index in [0.717, 1.165) is 21.0 Å². The van der Waals surface area contributed by atoms with Crippen LogP contribution in [0.25, 0.3) is 22.4 Å². The van der Waals surface area contributed by atoms with E-state index in [1.165, 1.54) is 0 Å². The van der Waals surface area contributed by atoms with E-state index in [0.29, 0.717) is 11.4 Å². The summed E-state index contributed by atoms with van der Waals surface area (Å²) in [7, 11) is 3.35. The monoisotopic (exact) mass is 341 g/mol. The maximum Gasteiger partial charge on any atom is 0.222 e. The maximum atomic E-state index is 13.7. The molecule has 24 heavy (non-hydrogen) atoms. The van der Waals surface area contributed by atoms with Gasteiger partial charge in [-0.1, -0.05) is 18.2 Å². The number of nitrogens with one attached hydrogen (secondary N) is 1. The largest absolute Gasteiger partial charge is 0.497 e. The third kappa shape index (κ3) is 3.60. The van der Waals surface area contributed by atoms with Crippen molar-refractivity contribution in [1.29, 1.82) is 0 Å². The van der Waals surface area contributed by atoms with Crippen LogP contribution in [0.1, 0.15) is 10.6 Å². The van der Waals surface area contributed by atoms with Gasteiger partial charge in [0.2, 0.25) is 5.95 Å². The molecule has 0 aliphatic heterocycles. The Balaban J connectivity index is 1.74. The van der Waals surface area contributed by atoms with Crippen molar-refractivity contribution in [3.63, 3.8) is 0 Å². The minimum Gasteiger partial charge on any atom is -0.497 e. The summed E-state index contributed by atoms with van der Waals surface area (Å²) in [5, 5.41) is 3.68. The number of thiazole rings is 1. The molecule has 0 fully saturated rings. The van der Waals surface area contributed by atoms with Gasteiger partial charge in [0.05, 0.1) is 17.3 Å². The van der Waals surface area contributed by atoms with E-state index in [1.54, 1.807) is 49.8 Å². The van der Waals surface area contributed by atoms with Gasteiger partial charge >= 0.3 is 0 Å². The van der Waals surface area contributed by atoms with Gasteiger partial charge in [0, 0.05) is 12.6 Å². The smallest absolute Gasteiger partial charge is 0.222 e. The lowest BCUT2D eigenvalue weighted by atomic mass is 10.2. The number of aromatic nitrogens is 2. The van der Waals surface area contributed by atoms with Crippen LogP contribution in [-0.4, -0.2) is 24.1 Å². The van der Waals surface area contributed by atoms with Crippen molar-refractivity contribution in [3.05, 3.63) is 59.0 Å². The number of fused-ring (bicyclic) bond motifs is 1. The molecule has 6 heteroatoms. The zero-order valence-electron chi connectivity index (χ0n) is 13.3. The van der Waals surface area contributed by atoms with E-state index in [9.17, 15) is 4.39 Å². The van der Waals surface area contributed by atoms with Crippen molar-refractivity contribution in [3.8, 4) is 5.75 Å². The number of nitrogens with zero attached hydrogens (tertiary/aromatic N) is 2. The Morgan fingerprint density at radius 1 is 1.12 bits per heavy atom. The highest BCUT2D eigenvalue weighted by atomic mass is 32.1. The summed E-state index contributed by atoms with van der Waals surface area (Å²) in [6, 6.07) is 9.20. The molecule has 0 aliphatic carbocycles. The molecule has 0 saturated heterocycles. The summed E-state index contributed by atoms with van der Waals surface area (Å²) in [4.78, 5) is 8.32. The molecule has 4 nitrogen and oxygen atoms in total. The summed E-state index contributed by atoms with van der Waals surface area (Å²) < 4.78 is 20.0. The van der Waals surface area contributed by atoms with Gasteiger partial charge in [0.15, 0.2) is 0 Å². The molecular formula is C18H16FN3OS. The second-order valence-corrected chi connectivity index (χ2v) is 5.99. The number of allylic oxidation sites excluding steroid dienone is 2. The van der Waals surface area contributed by atoms with Gasteiger partial charge in [-0.25, -0.2) is 9.97 Å². The molecule has 1 N–H and O–H groups in total. The Kier molecular flexibility index (Phi) is 4.86. The lowest BCUT2D eigenvalue weighted by molar-refractivity contribution is 0.415. The second-order valence-electron chi connectivity index (χ2n) is 4.93. The molecule has 0 atom stereocenters. The topological polar surface area (TPSA) is 47.0 Å². The number of pyridine rings is 1. The molecule has 0 bridgehead atoms. The highest BCUT2D eigenvalue weighted by molar-refractivity contribution is 7.19. The van der Waals surface area contributed by atoms with Gasteiger partial charge in [0.25, 0.3) is 0 Å². The van der Waals surface area contributed by atoms with Crippen molar-refractivity contribution >= 4 is 39.5 Å². The van der Waals surface area contributed by atoms with E-state index in [1.807, 2.05) is 30.4 Å². The number of rotatable bonds is 5. The lowest BCUT2D eigenvalue weighted by Gasteiger charge is -2.00. The number of halogens is 1. The molecule has 122 valence electrons. The first-order valence-corrected chi connectivity index (χ1v) is 8.15. The van der Waals surface area contributed by atoms with Gasteiger partial charge in [-0.3, -0.25) is 0 Å². The Morgan fingerprint density at radius 2 is 1.96 bits per heavy atom. The first-order valence-electron chi connectivity index (χ1n) is 7.33. The first-order chi connectivity index (χ1) is 11.7. The minimum absolute atomic E-state index is 0.438. The Hall–Kier alpha value is -2.73. The number of hydrogen-bond acceptors (Lipinski definition) is 5. The molecule has 0 aliphatic rings. The fourth-order valence-electron chi connectivity index (χ4n) is 2.13. The van der Waals surface area contributed by atoms with E-state index in [4.69, 9.17) is 4.74 Å². The number of ether oxygens (including phenoxy) is 1. The normalized spacial score (nSPS) is 11.6. The van der Waals surface area contributed by atoms with Gasteiger partial charge in [-0.15, -0.1) is 11.3 Å². The Bertz CT molecular complexity index is 918. The Morgan fingerprint density at radius 3 is 2.71 bits per heavy atom. The lowest BCUT2D eigenvalue weighted by Crippen LogP contribution is -1.95. The van der Waals surface area contributed by atoms with E-state index in [-0.39, 0.29) is 0 Å². The molecule has 0 amide bonds. The number of hydrogen-bond donors (Lipinski definition) is 1. The highest BCUT2D eigenvalue weighted by Gasteiger charge is 2.03. The van der Waals surface area contributed by atoms with Crippen LogP contribution in [0.5, 0.6) is 5.75 Å². The molecule has 3 aromatic rings. The van der Waals surface area contributed by atoms with Crippen LogP contribution in [0.4, 0.5) is 10.2 Å². The number of anilines is 1. The van der Waals surface area contributed by atoms with Gasteiger partial charge in [0.1, 0.15) is 16.6 Å². The zero-order chi connectivity index (χ0) is 16.9. The third-order valence-electron chi connectivity index (χ3n) is 3.37. The van der Waals surface area contributed by atoms with Crippen LogP contribution in [0.3, 0.4) is 0 Å². The van der Waals surface area contributed by atoms with Gasteiger partial charge in [-0.2, -0.15) is 4.39 Å². The predicted octanol–water partition coefficient (Wildman–Crippen LogP) is 4.61. The molecular weight excluding hydrogens is 325 g/mol. The summed E-state index contributed by atoms with van der Waals surface area (Å²) in [5.41, 5.74) is 1.37. The SMILES string of the molecule is CNc1ccc(/C=C/C=C/c2nc3ccc(OC)cc3s2)c(F)n1. The van der Waals surface area contributed by atoms with E-state index < -0.39 is 5.95 Å². The van der Waals surface area contributed by atoms with Crippen molar-refractivity contribution in [2.24, 2.45) is 0 Å². The third-order valence-corrected chi connectivity index (χ3v) is 4.35. The average molecular weight is 341 g/mol. The summed E-state index contributed by atoms with van der Waals surface area (Å²) in [5.74, 6) is 0.818. The molecule has 2 aromatic heterocycles. The maximum absolute atomic E-state index is 13.7. The summed E-state index contributed by atoms with van der Waals surface area (Å²) in [6.45, 7) is 0. The quantitative estimate of drug-likeness (QED) is 0.544. The Labute approximate surface area is 143 Å². The van der Waals surface area contributed by atoms with Crippen LogP contribution < -0.4 is 10.1 Å². The molecule has 1 aromatic carbocycles. The van der Waals surface area contributed by atoms with Crippen LogP contribution in [-0.2, 0) is 0 Å². The van der Waals surface area contributed by atoms with Crippen molar-refractivity contribution in [1.82, 2.24) is 9.97 Å². The predicted molar refractivity (Wildman–Crippen MR) is 98.0 cm³/mol. The molecule has 0 saturated carbocycles. The minimum atomic E-state index is -0.501. The second kappa shape index (κ2) is 7.23. The number of benzene rings is 1. The highest BCUT2D eigenvalue weighted by Crippen LogP contribution is 2.26. The average Bonchev–Trinajstić information content (AvgIpc) is 3.01. The summed E-state index contributed by atoms with van der Waals surface area (Å²) >= 11 is 1.57. The molecule has 2 heterocycles. The molecule has 3 rings (SSSR count). The van der Waals surface area contributed by atoms with Crippen LogP contribution in [0.15, 0.2) is 42.5 Å². The van der Waals surface area contributed by atoms with Crippen molar-refractivity contribution in [2.75, 3.05) is 19.5 Å². The van der Waals surface area contributed by atoms with Gasteiger partial charge in [-0.05, 0) is 36.4 Å². The summed E-state index contributed by atoms with van der Waals surface area (Å²) in [6.07, 6.45) is 7.17. The van der Waals surface area contributed by atoms with Gasteiger partial charge < -0.3 is 10.1 Å². The van der Waals surface area contributed by atoms with E-state index in [2.05, 4.69) is 15.3 Å².